The first kappa shape index (κ1) is 12.3. The topological polar surface area (TPSA) is 37.8 Å². The molecular weight excluding hydrogens is 206 g/mol. The van der Waals surface area contributed by atoms with Gasteiger partial charge in [-0.25, -0.2) is 9.97 Å². The van der Waals surface area contributed by atoms with Gasteiger partial charge in [-0.2, -0.15) is 0 Å². The lowest BCUT2D eigenvalue weighted by atomic mass is 10.2. The van der Waals surface area contributed by atoms with E-state index in [9.17, 15) is 0 Å². The minimum absolute atomic E-state index is 0.753. The second-order valence-electron chi connectivity index (χ2n) is 3.93. The summed E-state index contributed by atoms with van der Waals surface area (Å²) in [4.78, 5) is 8.46. The predicted molar refractivity (Wildman–Crippen MR) is 66.5 cm³/mol. The lowest BCUT2D eigenvalue weighted by Crippen LogP contribution is -1.99. The molecule has 0 aliphatic heterocycles. The van der Waals surface area contributed by atoms with Crippen LogP contribution in [-0.2, 0) is 0 Å². The quantitative estimate of drug-likeness (QED) is 0.617. The van der Waals surface area contributed by atoms with E-state index >= 15 is 0 Å². The van der Waals surface area contributed by atoms with Crippen LogP contribution >= 0.6 is 11.8 Å². The van der Waals surface area contributed by atoms with Crippen molar-refractivity contribution in [3.8, 4) is 0 Å². The summed E-state index contributed by atoms with van der Waals surface area (Å²) in [6.45, 7) is 6.54. The van der Waals surface area contributed by atoms with Crippen molar-refractivity contribution in [1.29, 1.82) is 0 Å². The number of anilines is 1. The second kappa shape index (κ2) is 5.95. The van der Waals surface area contributed by atoms with Gasteiger partial charge < -0.3 is 5.32 Å². The second-order valence-corrected chi connectivity index (χ2v) is 5.02. The Morgan fingerprint density at radius 2 is 2.13 bits per heavy atom. The van der Waals surface area contributed by atoms with Crippen LogP contribution in [0.1, 0.15) is 25.8 Å². The highest BCUT2D eigenvalue weighted by Crippen LogP contribution is 2.24. The molecule has 0 aromatic carbocycles. The minimum atomic E-state index is 0.753. The lowest BCUT2D eigenvalue weighted by Gasteiger charge is -2.08. The Hall–Kier alpha value is -0.770. The van der Waals surface area contributed by atoms with Gasteiger partial charge in [-0.3, -0.25) is 0 Å². The van der Waals surface area contributed by atoms with Gasteiger partial charge in [0.1, 0.15) is 17.2 Å². The number of thioether (sulfide) groups is 1. The molecule has 15 heavy (non-hydrogen) atoms. The van der Waals surface area contributed by atoms with E-state index in [0.29, 0.717) is 0 Å². The molecule has 0 radical (unpaired) electrons. The van der Waals surface area contributed by atoms with Crippen LogP contribution in [0, 0.1) is 12.8 Å². The SMILES string of the molecule is CNc1ncnc(SCCC(C)C)c1C. The van der Waals surface area contributed by atoms with Gasteiger partial charge in [0.05, 0.1) is 0 Å². The standard InChI is InChI=1S/C11H19N3S/c1-8(2)5-6-15-11-9(3)10(12-4)13-7-14-11/h7-8H,5-6H2,1-4H3,(H,12,13,14). The number of aromatic nitrogens is 2. The summed E-state index contributed by atoms with van der Waals surface area (Å²) in [6, 6.07) is 0. The molecular formula is C11H19N3S. The van der Waals surface area contributed by atoms with Crippen molar-refractivity contribution in [2.45, 2.75) is 32.2 Å². The fourth-order valence-corrected chi connectivity index (χ4v) is 2.44. The highest BCUT2D eigenvalue weighted by atomic mass is 32.2. The zero-order valence-corrected chi connectivity index (χ0v) is 10.7. The number of nitrogens with zero attached hydrogens (tertiary/aromatic N) is 2. The molecule has 1 aromatic rings. The van der Waals surface area contributed by atoms with E-state index in [0.717, 1.165) is 28.1 Å². The summed E-state index contributed by atoms with van der Waals surface area (Å²) in [5, 5.41) is 4.16. The van der Waals surface area contributed by atoms with Gasteiger partial charge in [0.2, 0.25) is 0 Å². The van der Waals surface area contributed by atoms with E-state index in [-0.39, 0.29) is 0 Å². The fraction of sp³-hybridized carbons (Fsp3) is 0.636. The average molecular weight is 225 g/mol. The van der Waals surface area contributed by atoms with Crippen LogP contribution in [0.4, 0.5) is 5.82 Å². The maximum Gasteiger partial charge on any atom is 0.133 e. The minimum Gasteiger partial charge on any atom is -0.373 e. The fourth-order valence-electron chi connectivity index (χ4n) is 1.22. The molecule has 0 amide bonds. The predicted octanol–water partition coefficient (Wildman–Crippen LogP) is 2.96. The molecule has 0 aliphatic carbocycles. The van der Waals surface area contributed by atoms with Crippen LogP contribution in [0.15, 0.2) is 11.4 Å². The molecule has 0 atom stereocenters. The number of rotatable bonds is 5. The Kier molecular flexibility index (Phi) is 4.88. The number of hydrogen-bond donors (Lipinski definition) is 1. The normalized spacial score (nSPS) is 10.7. The molecule has 1 N–H and O–H groups in total. The van der Waals surface area contributed by atoms with Gasteiger partial charge in [0.15, 0.2) is 0 Å². The lowest BCUT2D eigenvalue weighted by molar-refractivity contribution is 0.632. The zero-order valence-electron chi connectivity index (χ0n) is 9.87. The van der Waals surface area contributed by atoms with Crippen molar-refractivity contribution < 1.29 is 0 Å². The molecule has 0 saturated heterocycles. The van der Waals surface area contributed by atoms with Gasteiger partial charge in [0, 0.05) is 12.6 Å². The molecule has 0 aliphatic rings. The monoisotopic (exact) mass is 225 g/mol. The third-order valence-electron chi connectivity index (χ3n) is 2.21. The first-order valence-corrected chi connectivity index (χ1v) is 6.25. The molecule has 3 nitrogen and oxygen atoms in total. The zero-order chi connectivity index (χ0) is 11.3. The largest absolute Gasteiger partial charge is 0.373 e. The average Bonchev–Trinajstić information content (AvgIpc) is 2.20. The van der Waals surface area contributed by atoms with Crippen LogP contribution in [0.5, 0.6) is 0 Å². The highest BCUT2D eigenvalue weighted by molar-refractivity contribution is 7.99. The maximum atomic E-state index is 4.30. The third kappa shape index (κ3) is 3.70. The molecule has 1 heterocycles. The van der Waals surface area contributed by atoms with Crippen molar-refractivity contribution in [2.24, 2.45) is 5.92 Å². The highest BCUT2D eigenvalue weighted by Gasteiger charge is 2.06. The first-order valence-electron chi connectivity index (χ1n) is 5.27. The van der Waals surface area contributed by atoms with Crippen molar-refractivity contribution in [1.82, 2.24) is 9.97 Å². The van der Waals surface area contributed by atoms with Crippen LogP contribution in [0.2, 0.25) is 0 Å². The van der Waals surface area contributed by atoms with Crippen molar-refractivity contribution in [3.63, 3.8) is 0 Å². The van der Waals surface area contributed by atoms with Crippen LogP contribution in [0.3, 0.4) is 0 Å². The Balaban J connectivity index is 2.61. The first-order chi connectivity index (χ1) is 7.15. The summed E-state index contributed by atoms with van der Waals surface area (Å²) in [5.74, 6) is 2.80. The van der Waals surface area contributed by atoms with Crippen molar-refractivity contribution >= 4 is 17.6 Å². The van der Waals surface area contributed by atoms with Crippen molar-refractivity contribution in [2.75, 3.05) is 18.1 Å². The van der Waals surface area contributed by atoms with Crippen LogP contribution < -0.4 is 5.32 Å². The van der Waals surface area contributed by atoms with E-state index in [2.05, 4.69) is 36.1 Å². The smallest absolute Gasteiger partial charge is 0.133 e. The van der Waals surface area contributed by atoms with Crippen molar-refractivity contribution in [3.05, 3.63) is 11.9 Å². The van der Waals surface area contributed by atoms with E-state index in [1.807, 2.05) is 18.8 Å². The van der Waals surface area contributed by atoms with Gasteiger partial charge in [-0.15, -0.1) is 11.8 Å². The third-order valence-corrected chi connectivity index (χ3v) is 3.33. The summed E-state index contributed by atoms with van der Waals surface area (Å²) in [7, 11) is 1.89. The molecule has 1 rings (SSSR count). The van der Waals surface area contributed by atoms with E-state index in [1.165, 1.54) is 6.42 Å². The molecule has 0 saturated carbocycles. The van der Waals surface area contributed by atoms with E-state index < -0.39 is 0 Å². The Morgan fingerprint density at radius 3 is 2.73 bits per heavy atom. The number of nitrogens with one attached hydrogen (secondary N) is 1. The van der Waals surface area contributed by atoms with E-state index in [4.69, 9.17) is 0 Å². The summed E-state index contributed by atoms with van der Waals surface area (Å²) < 4.78 is 0. The summed E-state index contributed by atoms with van der Waals surface area (Å²) in [6.07, 6.45) is 2.85. The van der Waals surface area contributed by atoms with E-state index in [1.54, 1.807) is 6.33 Å². The Bertz CT molecular complexity index is 313. The summed E-state index contributed by atoms with van der Waals surface area (Å²) >= 11 is 1.81. The van der Waals surface area contributed by atoms with Gasteiger partial charge in [-0.1, -0.05) is 13.8 Å². The molecule has 0 spiro atoms. The summed E-state index contributed by atoms with van der Waals surface area (Å²) in [5.41, 5.74) is 1.15. The van der Waals surface area contributed by atoms with Gasteiger partial charge in [0.25, 0.3) is 0 Å². The van der Waals surface area contributed by atoms with Gasteiger partial charge >= 0.3 is 0 Å². The molecule has 1 aromatic heterocycles. The number of hydrogen-bond acceptors (Lipinski definition) is 4. The molecule has 84 valence electrons. The maximum absolute atomic E-state index is 4.30. The molecule has 0 fully saturated rings. The van der Waals surface area contributed by atoms with Crippen LogP contribution in [-0.4, -0.2) is 22.8 Å². The van der Waals surface area contributed by atoms with Gasteiger partial charge in [-0.05, 0) is 25.0 Å². The Labute approximate surface area is 96.1 Å². The molecule has 0 unspecified atom stereocenters. The van der Waals surface area contributed by atoms with Crippen LogP contribution in [0.25, 0.3) is 0 Å². The molecule has 0 bridgehead atoms. The Morgan fingerprint density at radius 1 is 1.40 bits per heavy atom. The molecule has 4 heteroatoms.